The molecule has 0 bridgehead atoms. The van der Waals surface area contributed by atoms with Gasteiger partial charge in [-0.25, -0.2) is 0 Å². The van der Waals surface area contributed by atoms with Crippen molar-refractivity contribution in [1.82, 2.24) is 0 Å². The summed E-state index contributed by atoms with van der Waals surface area (Å²) in [6.45, 7) is 0. The van der Waals surface area contributed by atoms with Crippen LogP contribution in [0.2, 0.25) is 10.0 Å². The summed E-state index contributed by atoms with van der Waals surface area (Å²) < 4.78 is 0. The van der Waals surface area contributed by atoms with Crippen LogP contribution in [0.5, 0.6) is 0 Å². The van der Waals surface area contributed by atoms with Crippen molar-refractivity contribution in [3.8, 4) is 0 Å². The Morgan fingerprint density at radius 2 is 1.91 bits per heavy atom. The van der Waals surface area contributed by atoms with Gasteiger partial charge in [-0.2, -0.15) is 12.6 Å². The van der Waals surface area contributed by atoms with Crippen LogP contribution in [-0.4, -0.2) is 0 Å². The average Bonchev–Trinajstić information content (AvgIpc) is 1.96. The van der Waals surface area contributed by atoms with Gasteiger partial charge in [0.1, 0.15) is 0 Å². The monoisotopic (exact) mass is 224 g/mol. The van der Waals surface area contributed by atoms with Gasteiger partial charge in [0.05, 0.1) is 5.02 Å². The van der Waals surface area contributed by atoms with E-state index in [4.69, 9.17) is 23.2 Å². The average molecular weight is 225 g/mol. The van der Waals surface area contributed by atoms with Crippen LogP contribution in [0, 0.1) is 0 Å². The van der Waals surface area contributed by atoms with Crippen molar-refractivity contribution < 1.29 is 0 Å². The topological polar surface area (TPSA) is 0 Å². The molecule has 0 atom stereocenters. The molecule has 0 saturated heterocycles. The Hall–Kier alpha value is 0.500. The smallest absolute Gasteiger partial charge is 0.0557 e. The molecule has 0 aliphatic heterocycles. The molecule has 1 aromatic carbocycles. The van der Waals surface area contributed by atoms with Crippen LogP contribution < -0.4 is 0 Å². The lowest BCUT2D eigenvalue weighted by atomic mass is 10.2. The zero-order valence-electron chi connectivity index (χ0n) is 5.51. The number of benzene rings is 1. The second-order valence-electron chi connectivity index (χ2n) is 2.05. The lowest BCUT2D eigenvalue weighted by Gasteiger charge is -2.03. The Kier molecular flexibility index (Phi) is 3.44. The lowest BCUT2D eigenvalue weighted by Crippen LogP contribution is -1.82. The molecular weight excluding hydrogens is 219 g/mol. The molecule has 11 heavy (non-hydrogen) atoms. The van der Waals surface area contributed by atoms with Gasteiger partial charge in [0.15, 0.2) is 0 Å². The van der Waals surface area contributed by atoms with E-state index < -0.39 is 0 Å². The predicted octanol–water partition coefficient (Wildman–Crippen LogP) is 3.71. The third-order valence-corrected chi connectivity index (χ3v) is 2.79. The van der Waals surface area contributed by atoms with Crippen LogP contribution in [0.25, 0.3) is 0 Å². The van der Waals surface area contributed by atoms with Crippen molar-refractivity contribution in [2.24, 2.45) is 0 Å². The molecule has 60 valence electrons. The highest BCUT2D eigenvalue weighted by Gasteiger charge is 2.03. The van der Waals surface area contributed by atoms with E-state index in [1.165, 1.54) is 0 Å². The predicted molar refractivity (Wildman–Crippen MR) is 56.4 cm³/mol. The summed E-state index contributed by atoms with van der Waals surface area (Å²) >= 11 is 19.9. The lowest BCUT2D eigenvalue weighted by molar-refractivity contribution is 1.28. The van der Waals surface area contributed by atoms with Gasteiger partial charge in [0.25, 0.3) is 0 Å². The molecule has 0 amide bonds. The van der Waals surface area contributed by atoms with Crippen LogP contribution in [0.3, 0.4) is 0 Å². The summed E-state index contributed by atoms with van der Waals surface area (Å²) in [6, 6.07) is 3.47. The van der Waals surface area contributed by atoms with E-state index in [2.05, 4.69) is 25.3 Å². The molecule has 0 fully saturated rings. The first-order valence-electron chi connectivity index (χ1n) is 2.93. The first-order chi connectivity index (χ1) is 5.15. The molecule has 0 aromatic heterocycles. The van der Waals surface area contributed by atoms with E-state index in [-0.39, 0.29) is 0 Å². The van der Waals surface area contributed by atoms with Crippen LogP contribution in [0.1, 0.15) is 5.56 Å². The molecule has 0 saturated carbocycles. The maximum Gasteiger partial charge on any atom is 0.0557 e. The fourth-order valence-corrected chi connectivity index (χ4v) is 1.86. The number of hydrogen-bond acceptors (Lipinski definition) is 2. The standard InChI is InChI=1S/C7H6Cl2S2/c8-5-1-4(3-10)7(11)6(9)2-5/h1-2,10-11H,3H2. The normalized spacial score (nSPS) is 10.2. The van der Waals surface area contributed by atoms with Crippen LogP contribution in [0.4, 0.5) is 0 Å². The highest BCUT2D eigenvalue weighted by Crippen LogP contribution is 2.28. The Labute approximate surface area is 86.7 Å². The third-order valence-electron chi connectivity index (χ3n) is 1.28. The van der Waals surface area contributed by atoms with Gasteiger partial charge in [-0.05, 0) is 17.7 Å². The van der Waals surface area contributed by atoms with Gasteiger partial charge in [0, 0.05) is 15.7 Å². The molecule has 0 unspecified atom stereocenters. The largest absolute Gasteiger partial charge is 0.175 e. The van der Waals surface area contributed by atoms with E-state index in [9.17, 15) is 0 Å². The first-order valence-corrected chi connectivity index (χ1v) is 4.76. The first kappa shape index (κ1) is 9.59. The van der Waals surface area contributed by atoms with Crippen LogP contribution in [0.15, 0.2) is 17.0 Å². The summed E-state index contributed by atoms with van der Waals surface area (Å²) in [5.74, 6) is 0.596. The maximum absolute atomic E-state index is 5.80. The zero-order valence-corrected chi connectivity index (χ0v) is 8.81. The molecule has 0 nitrogen and oxygen atoms in total. The fourth-order valence-electron chi connectivity index (χ4n) is 0.740. The Morgan fingerprint density at radius 3 is 2.45 bits per heavy atom. The molecule has 0 heterocycles. The SMILES string of the molecule is SCc1cc(Cl)cc(Cl)c1S. The van der Waals surface area contributed by atoms with E-state index in [0.29, 0.717) is 15.8 Å². The zero-order chi connectivity index (χ0) is 8.43. The molecule has 0 spiro atoms. The summed E-state index contributed by atoms with van der Waals surface area (Å²) in [7, 11) is 0. The Bertz CT molecular complexity index is 273. The molecule has 0 aliphatic carbocycles. The van der Waals surface area contributed by atoms with E-state index >= 15 is 0 Å². The molecular formula is C7H6Cl2S2. The number of rotatable bonds is 1. The number of halogens is 2. The van der Waals surface area contributed by atoms with Crippen molar-refractivity contribution in [2.75, 3.05) is 0 Å². The van der Waals surface area contributed by atoms with Crippen molar-refractivity contribution in [3.05, 3.63) is 27.7 Å². The molecule has 4 heteroatoms. The molecule has 0 aliphatic rings. The van der Waals surface area contributed by atoms with Crippen molar-refractivity contribution in [1.29, 1.82) is 0 Å². The minimum atomic E-state index is 0.574. The summed E-state index contributed by atoms with van der Waals surface area (Å²) in [4.78, 5) is 0.756. The van der Waals surface area contributed by atoms with Crippen LogP contribution in [-0.2, 0) is 5.75 Å². The van der Waals surface area contributed by atoms with E-state index in [1.54, 1.807) is 6.07 Å². The Morgan fingerprint density at radius 1 is 1.27 bits per heavy atom. The van der Waals surface area contributed by atoms with Gasteiger partial charge in [0.2, 0.25) is 0 Å². The quantitative estimate of drug-likeness (QED) is 0.669. The molecule has 1 aromatic rings. The highest BCUT2D eigenvalue weighted by atomic mass is 35.5. The summed E-state index contributed by atoms with van der Waals surface area (Å²) in [5, 5.41) is 1.20. The number of thiol groups is 2. The molecule has 0 radical (unpaired) electrons. The van der Waals surface area contributed by atoms with Gasteiger partial charge < -0.3 is 0 Å². The summed E-state index contributed by atoms with van der Waals surface area (Å²) in [5.41, 5.74) is 0.953. The second kappa shape index (κ2) is 3.94. The van der Waals surface area contributed by atoms with Crippen molar-refractivity contribution >= 4 is 48.5 Å². The molecule has 0 N–H and O–H groups in total. The van der Waals surface area contributed by atoms with E-state index in [0.717, 1.165) is 10.5 Å². The third kappa shape index (κ3) is 2.22. The van der Waals surface area contributed by atoms with Gasteiger partial charge in [-0.15, -0.1) is 12.6 Å². The fraction of sp³-hybridized carbons (Fsp3) is 0.143. The van der Waals surface area contributed by atoms with Crippen LogP contribution >= 0.6 is 48.5 Å². The highest BCUT2D eigenvalue weighted by molar-refractivity contribution is 7.81. The van der Waals surface area contributed by atoms with Gasteiger partial charge >= 0.3 is 0 Å². The van der Waals surface area contributed by atoms with Crippen molar-refractivity contribution in [2.45, 2.75) is 10.6 Å². The number of hydrogen-bond donors (Lipinski definition) is 2. The maximum atomic E-state index is 5.80. The van der Waals surface area contributed by atoms with Gasteiger partial charge in [-0.1, -0.05) is 23.2 Å². The van der Waals surface area contributed by atoms with E-state index in [1.807, 2.05) is 6.07 Å². The van der Waals surface area contributed by atoms with Crippen molar-refractivity contribution in [3.63, 3.8) is 0 Å². The Balaban J connectivity index is 3.24. The minimum Gasteiger partial charge on any atom is -0.175 e. The summed E-state index contributed by atoms with van der Waals surface area (Å²) in [6.07, 6.45) is 0. The minimum absolute atomic E-state index is 0.574. The molecule has 1 rings (SSSR count). The second-order valence-corrected chi connectivity index (χ2v) is 3.66. The van der Waals surface area contributed by atoms with Gasteiger partial charge in [-0.3, -0.25) is 0 Å².